The maximum absolute atomic E-state index is 12.7. The molecule has 0 bridgehead atoms. The molecule has 1 aromatic heterocycles. The summed E-state index contributed by atoms with van der Waals surface area (Å²) in [5, 5.41) is 1.36. The summed E-state index contributed by atoms with van der Waals surface area (Å²) in [6.07, 6.45) is 0. The summed E-state index contributed by atoms with van der Waals surface area (Å²) < 4.78 is 0. The zero-order valence-corrected chi connectivity index (χ0v) is 14.1. The lowest BCUT2D eigenvalue weighted by Crippen LogP contribution is -2.01. The van der Waals surface area contributed by atoms with Crippen LogP contribution in [0.15, 0.2) is 48.0 Å². The van der Waals surface area contributed by atoms with Crippen LogP contribution in [-0.2, 0) is 0 Å². The number of ketones is 1. The summed E-state index contributed by atoms with van der Waals surface area (Å²) in [4.78, 5) is 17.5. The lowest BCUT2D eigenvalue weighted by atomic mass is 10.1. The third-order valence-corrected chi connectivity index (χ3v) is 4.85. The molecule has 0 radical (unpaired) electrons. The molecule has 2 nitrogen and oxygen atoms in total. The molecule has 0 aliphatic carbocycles. The third kappa shape index (κ3) is 3.03. The lowest BCUT2D eigenvalue weighted by Gasteiger charge is -2.04. The van der Waals surface area contributed by atoms with Crippen LogP contribution in [0.4, 0.5) is 0 Å². The predicted octanol–water partition coefficient (Wildman–Crippen LogP) is 6.00. The number of thiazole rings is 1. The molecule has 0 atom stereocenters. The number of carbonyl (C=O) groups excluding carboxylic acids is 1. The van der Waals surface area contributed by atoms with Gasteiger partial charge in [-0.1, -0.05) is 46.9 Å². The van der Waals surface area contributed by atoms with Crippen molar-refractivity contribution in [3.8, 4) is 11.3 Å². The van der Waals surface area contributed by atoms with E-state index in [0.717, 1.165) is 5.56 Å². The Balaban J connectivity index is 2.04. The molecule has 22 heavy (non-hydrogen) atoms. The van der Waals surface area contributed by atoms with Gasteiger partial charge in [0.2, 0.25) is 5.78 Å². The van der Waals surface area contributed by atoms with Gasteiger partial charge in [0.25, 0.3) is 0 Å². The fourth-order valence-corrected chi connectivity index (χ4v) is 3.28. The van der Waals surface area contributed by atoms with E-state index in [1.807, 2.05) is 12.1 Å². The molecule has 6 heteroatoms. The molecule has 0 aliphatic rings. The van der Waals surface area contributed by atoms with Crippen LogP contribution in [0.1, 0.15) is 15.2 Å². The Labute approximate surface area is 146 Å². The Morgan fingerprint density at radius 3 is 2.55 bits per heavy atom. The second kappa shape index (κ2) is 6.39. The van der Waals surface area contributed by atoms with Gasteiger partial charge in [-0.05, 0) is 30.3 Å². The fourth-order valence-electron chi connectivity index (χ4n) is 2.02. The molecule has 0 N–H and O–H groups in total. The largest absolute Gasteiger partial charge is 0.288 e. The number of aromatic nitrogens is 1. The molecule has 0 saturated heterocycles. The van der Waals surface area contributed by atoms with Crippen LogP contribution in [0.5, 0.6) is 0 Å². The van der Waals surface area contributed by atoms with E-state index in [1.165, 1.54) is 11.3 Å². The highest BCUT2D eigenvalue weighted by atomic mass is 35.5. The van der Waals surface area contributed by atoms with E-state index in [4.69, 9.17) is 34.8 Å². The van der Waals surface area contributed by atoms with Gasteiger partial charge < -0.3 is 0 Å². The van der Waals surface area contributed by atoms with Crippen LogP contribution in [0.2, 0.25) is 15.1 Å². The first-order valence-electron chi connectivity index (χ1n) is 6.25. The molecule has 0 saturated carbocycles. The van der Waals surface area contributed by atoms with Crippen molar-refractivity contribution in [2.24, 2.45) is 0 Å². The third-order valence-electron chi connectivity index (χ3n) is 3.05. The molecule has 0 aliphatic heterocycles. The monoisotopic (exact) mass is 367 g/mol. The van der Waals surface area contributed by atoms with Crippen molar-refractivity contribution < 1.29 is 4.79 Å². The van der Waals surface area contributed by atoms with Gasteiger partial charge in [0.05, 0.1) is 21.2 Å². The number of halogens is 3. The van der Waals surface area contributed by atoms with Gasteiger partial charge in [-0.3, -0.25) is 4.79 Å². The van der Waals surface area contributed by atoms with E-state index in [9.17, 15) is 4.79 Å². The summed E-state index contributed by atoms with van der Waals surface area (Å²) in [7, 11) is 0. The van der Waals surface area contributed by atoms with E-state index in [1.54, 1.807) is 35.8 Å². The summed E-state index contributed by atoms with van der Waals surface area (Å²) in [6.45, 7) is 0. The van der Waals surface area contributed by atoms with Gasteiger partial charge in [-0.2, -0.15) is 0 Å². The van der Waals surface area contributed by atoms with E-state index < -0.39 is 0 Å². The zero-order chi connectivity index (χ0) is 15.7. The highest BCUT2D eigenvalue weighted by Gasteiger charge is 2.18. The number of benzene rings is 2. The first-order valence-corrected chi connectivity index (χ1v) is 8.27. The van der Waals surface area contributed by atoms with Crippen LogP contribution in [-0.4, -0.2) is 10.8 Å². The minimum absolute atomic E-state index is 0.143. The van der Waals surface area contributed by atoms with E-state index >= 15 is 0 Å². The van der Waals surface area contributed by atoms with Crippen LogP contribution < -0.4 is 0 Å². The molecular weight excluding hydrogens is 361 g/mol. The molecule has 1 heterocycles. The minimum Gasteiger partial charge on any atom is -0.288 e. The van der Waals surface area contributed by atoms with Crippen molar-refractivity contribution in [1.29, 1.82) is 0 Å². The molecule has 3 aromatic rings. The van der Waals surface area contributed by atoms with Crippen molar-refractivity contribution in [1.82, 2.24) is 4.98 Å². The number of hydrogen-bond donors (Lipinski definition) is 0. The standard InChI is InChI=1S/C16H8Cl3NOS/c17-11-3-1-2-9(6-11)14-16(22-8-20-14)15(21)10-4-5-12(18)13(19)7-10/h1-8H. The minimum atomic E-state index is -0.143. The van der Waals surface area contributed by atoms with Crippen molar-refractivity contribution in [2.45, 2.75) is 0 Å². The average molecular weight is 369 g/mol. The van der Waals surface area contributed by atoms with E-state index in [2.05, 4.69) is 4.98 Å². The Morgan fingerprint density at radius 1 is 1.00 bits per heavy atom. The quantitative estimate of drug-likeness (QED) is 0.531. The van der Waals surface area contributed by atoms with Crippen molar-refractivity contribution in [3.63, 3.8) is 0 Å². The Morgan fingerprint density at radius 2 is 1.82 bits per heavy atom. The highest BCUT2D eigenvalue weighted by Crippen LogP contribution is 2.31. The van der Waals surface area contributed by atoms with Gasteiger partial charge in [0.1, 0.15) is 4.88 Å². The number of hydrogen-bond acceptors (Lipinski definition) is 3. The molecule has 0 fully saturated rings. The number of carbonyl (C=O) groups is 1. The molecule has 0 unspecified atom stereocenters. The predicted molar refractivity (Wildman–Crippen MR) is 92.5 cm³/mol. The second-order valence-electron chi connectivity index (χ2n) is 4.50. The first-order chi connectivity index (χ1) is 10.6. The van der Waals surface area contributed by atoms with Crippen molar-refractivity contribution in [3.05, 3.63) is 73.5 Å². The van der Waals surface area contributed by atoms with Crippen LogP contribution >= 0.6 is 46.1 Å². The Kier molecular flexibility index (Phi) is 4.50. The second-order valence-corrected chi connectivity index (χ2v) is 6.60. The molecule has 0 amide bonds. The van der Waals surface area contributed by atoms with E-state index in [-0.39, 0.29) is 5.78 Å². The smallest absolute Gasteiger partial charge is 0.205 e. The van der Waals surface area contributed by atoms with Gasteiger partial charge in [-0.25, -0.2) is 4.98 Å². The van der Waals surface area contributed by atoms with Gasteiger partial charge in [-0.15, -0.1) is 11.3 Å². The molecule has 110 valence electrons. The van der Waals surface area contributed by atoms with Gasteiger partial charge in [0.15, 0.2) is 0 Å². The zero-order valence-electron chi connectivity index (χ0n) is 11.0. The van der Waals surface area contributed by atoms with Crippen molar-refractivity contribution >= 4 is 51.9 Å². The molecule has 0 spiro atoms. The molecule has 2 aromatic carbocycles. The SMILES string of the molecule is O=C(c1ccc(Cl)c(Cl)c1)c1scnc1-c1cccc(Cl)c1. The summed E-state index contributed by atoms with van der Waals surface area (Å²) in [6, 6.07) is 12.1. The summed E-state index contributed by atoms with van der Waals surface area (Å²) in [5.74, 6) is -0.143. The summed E-state index contributed by atoms with van der Waals surface area (Å²) in [5.41, 5.74) is 3.53. The Hall–Kier alpha value is -1.39. The van der Waals surface area contributed by atoms with E-state index in [0.29, 0.717) is 31.2 Å². The lowest BCUT2D eigenvalue weighted by molar-refractivity contribution is 0.104. The van der Waals surface area contributed by atoms with Crippen molar-refractivity contribution in [2.75, 3.05) is 0 Å². The molecule has 3 rings (SSSR count). The van der Waals surface area contributed by atoms with Crippen LogP contribution in [0.25, 0.3) is 11.3 Å². The first kappa shape index (κ1) is 15.5. The molecular formula is C16H8Cl3NOS. The summed E-state index contributed by atoms with van der Waals surface area (Å²) >= 11 is 19.2. The normalized spacial score (nSPS) is 10.7. The van der Waals surface area contributed by atoms with Crippen LogP contribution in [0.3, 0.4) is 0 Å². The number of rotatable bonds is 3. The maximum Gasteiger partial charge on any atom is 0.205 e. The van der Waals surface area contributed by atoms with Gasteiger partial charge >= 0.3 is 0 Å². The topological polar surface area (TPSA) is 30.0 Å². The van der Waals surface area contributed by atoms with Crippen LogP contribution in [0, 0.1) is 0 Å². The Bertz CT molecular complexity index is 860. The fraction of sp³-hybridized carbons (Fsp3) is 0. The maximum atomic E-state index is 12.7. The highest BCUT2D eigenvalue weighted by molar-refractivity contribution is 7.12. The number of nitrogens with zero attached hydrogens (tertiary/aromatic N) is 1. The average Bonchev–Trinajstić information content (AvgIpc) is 2.99. The van der Waals surface area contributed by atoms with Gasteiger partial charge in [0, 0.05) is 16.1 Å².